The SMILES string of the molecule is CC.Cc1ccccc1.NCC(=O)OCC1CCC(n2ccc(N)nc2=O)O1. The molecule has 0 saturated carbocycles. The topological polar surface area (TPSA) is 122 Å². The standard InChI is InChI=1S/C11H16N4O4.C7H8.C2H6/c12-5-10(16)18-6-7-1-2-9(19-7)15-4-3-8(13)14-11(15)17;1-7-5-3-2-4-6-7;1-2/h3-4,7,9H,1-2,5-6,12H2,(H2,13,14,17);2-6H,1H3;1-2H3. The van der Waals surface area contributed by atoms with Gasteiger partial charge in [0.05, 0.1) is 12.6 Å². The molecule has 0 spiro atoms. The van der Waals surface area contributed by atoms with Gasteiger partial charge in [-0.25, -0.2) is 4.79 Å². The van der Waals surface area contributed by atoms with Crippen LogP contribution in [0.25, 0.3) is 0 Å². The number of rotatable bonds is 4. The van der Waals surface area contributed by atoms with Crippen molar-refractivity contribution in [2.75, 3.05) is 18.9 Å². The molecule has 1 aliphatic heterocycles. The number of nitrogens with two attached hydrogens (primary N) is 2. The third-order valence-corrected chi connectivity index (χ3v) is 3.78. The normalized spacial score (nSPS) is 17.6. The fourth-order valence-electron chi connectivity index (χ4n) is 2.44. The zero-order chi connectivity index (χ0) is 20.9. The van der Waals surface area contributed by atoms with Gasteiger partial charge in [0.25, 0.3) is 0 Å². The van der Waals surface area contributed by atoms with Crippen LogP contribution >= 0.6 is 0 Å². The molecule has 1 aromatic carbocycles. The van der Waals surface area contributed by atoms with Crippen molar-refractivity contribution in [3.63, 3.8) is 0 Å². The van der Waals surface area contributed by atoms with Crippen molar-refractivity contribution in [2.45, 2.75) is 45.9 Å². The maximum atomic E-state index is 11.6. The minimum absolute atomic E-state index is 0.143. The van der Waals surface area contributed by atoms with Crippen LogP contribution in [0, 0.1) is 6.92 Å². The highest BCUT2D eigenvalue weighted by Crippen LogP contribution is 2.27. The molecule has 154 valence electrons. The van der Waals surface area contributed by atoms with Crippen molar-refractivity contribution in [1.82, 2.24) is 9.55 Å². The molecule has 8 heteroatoms. The summed E-state index contributed by atoms with van der Waals surface area (Å²) in [6.07, 6.45) is 2.26. The van der Waals surface area contributed by atoms with E-state index in [1.165, 1.54) is 16.2 Å². The largest absolute Gasteiger partial charge is 0.462 e. The fraction of sp³-hybridized carbons (Fsp3) is 0.450. The number of nitrogens with zero attached hydrogens (tertiary/aromatic N) is 2. The van der Waals surface area contributed by atoms with Gasteiger partial charge >= 0.3 is 11.7 Å². The number of benzene rings is 1. The monoisotopic (exact) mass is 390 g/mol. The molecule has 0 radical (unpaired) electrons. The lowest BCUT2D eigenvalue weighted by molar-refractivity contribution is -0.146. The van der Waals surface area contributed by atoms with Gasteiger partial charge in [0.1, 0.15) is 18.7 Å². The summed E-state index contributed by atoms with van der Waals surface area (Å²) in [5, 5.41) is 0. The summed E-state index contributed by atoms with van der Waals surface area (Å²) in [5.74, 6) is -0.300. The predicted molar refractivity (Wildman–Crippen MR) is 109 cm³/mol. The van der Waals surface area contributed by atoms with Crippen LogP contribution in [0.1, 0.15) is 38.5 Å². The van der Waals surface area contributed by atoms with Crippen molar-refractivity contribution in [3.05, 3.63) is 58.6 Å². The van der Waals surface area contributed by atoms with E-state index in [0.29, 0.717) is 12.8 Å². The Hall–Kier alpha value is -2.71. The first-order chi connectivity index (χ1) is 13.5. The molecule has 2 heterocycles. The van der Waals surface area contributed by atoms with Crippen molar-refractivity contribution in [3.8, 4) is 0 Å². The zero-order valence-electron chi connectivity index (χ0n) is 16.7. The van der Waals surface area contributed by atoms with E-state index in [2.05, 4.69) is 24.0 Å². The quantitative estimate of drug-likeness (QED) is 0.766. The number of aryl methyl sites for hydroxylation is 1. The van der Waals surface area contributed by atoms with Crippen LogP contribution in [-0.2, 0) is 14.3 Å². The molecule has 2 atom stereocenters. The van der Waals surface area contributed by atoms with Crippen molar-refractivity contribution in [1.29, 1.82) is 0 Å². The third-order valence-electron chi connectivity index (χ3n) is 3.78. The second-order valence-corrected chi connectivity index (χ2v) is 5.87. The molecule has 2 aromatic rings. The Labute approximate surface area is 165 Å². The van der Waals surface area contributed by atoms with E-state index in [-0.39, 0.29) is 25.1 Å². The fourth-order valence-corrected chi connectivity index (χ4v) is 2.44. The molecular weight excluding hydrogens is 360 g/mol. The first kappa shape index (κ1) is 23.3. The smallest absolute Gasteiger partial charge is 0.351 e. The Bertz CT molecular complexity index is 764. The van der Waals surface area contributed by atoms with Gasteiger partial charge in [0.2, 0.25) is 0 Å². The van der Waals surface area contributed by atoms with Gasteiger partial charge in [-0.2, -0.15) is 4.98 Å². The third kappa shape index (κ3) is 7.89. The Morgan fingerprint density at radius 2 is 1.93 bits per heavy atom. The number of anilines is 1. The summed E-state index contributed by atoms with van der Waals surface area (Å²) in [4.78, 5) is 26.2. The highest BCUT2D eigenvalue weighted by molar-refractivity contribution is 5.71. The maximum absolute atomic E-state index is 11.6. The number of ether oxygens (including phenoxy) is 2. The van der Waals surface area contributed by atoms with Gasteiger partial charge in [-0.1, -0.05) is 49.7 Å². The average Bonchev–Trinajstić information content (AvgIpc) is 3.17. The van der Waals surface area contributed by atoms with Crippen LogP contribution in [-0.4, -0.2) is 34.8 Å². The van der Waals surface area contributed by atoms with Gasteiger partial charge in [-0.3, -0.25) is 9.36 Å². The summed E-state index contributed by atoms with van der Waals surface area (Å²) in [6.45, 7) is 6.07. The first-order valence-electron chi connectivity index (χ1n) is 9.37. The second kappa shape index (κ2) is 12.6. The van der Waals surface area contributed by atoms with Gasteiger partial charge in [0.15, 0.2) is 0 Å². The van der Waals surface area contributed by atoms with E-state index in [1.807, 2.05) is 32.0 Å². The van der Waals surface area contributed by atoms with Crippen LogP contribution in [0.5, 0.6) is 0 Å². The van der Waals surface area contributed by atoms with Gasteiger partial charge < -0.3 is 20.9 Å². The molecule has 4 N–H and O–H groups in total. The average molecular weight is 390 g/mol. The Balaban J connectivity index is 0.000000363. The molecule has 8 nitrogen and oxygen atoms in total. The number of aromatic nitrogens is 2. The number of hydrogen-bond donors (Lipinski definition) is 2. The maximum Gasteiger partial charge on any atom is 0.351 e. The summed E-state index contributed by atoms with van der Waals surface area (Å²) in [6, 6.07) is 11.8. The van der Waals surface area contributed by atoms with E-state index in [4.69, 9.17) is 20.9 Å². The lowest BCUT2D eigenvalue weighted by Gasteiger charge is -2.15. The van der Waals surface area contributed by atoms with Crippen molar-refractivity contribution < 1.29 is 14.3 Å². The van der Waals surface area contributed by atoms with Crippen LogP contribution in [0.3, 0.4) is 0 Å². The van der Waals surface area contributed by atoms with Crippen LogP contribution < -0.4 is 17.2 Å². The summed E-state index contributed by atoms with van der Waals surface area (Å²) in [7, 11) is 0. The Morgan fingerprint density at radius 1 is 1.25 bits per heavy atom. The van der Waals surface area contributed by atoms with Gasteiger partial charge in [-0.05, 0) is 25.8 Å². The number of esters is 1. The molecule has 0 amide bonds. The molecule has 0 bridgehead atoms. The minimum Gasteiger partial charge on any atom is -0.462 e. The summed E-state index contributed by atoms with van der Waals surface area (Å²) >= 11 is 0. The highest BCUT2D eigenvalue weighted by Gasteiger charge is 2.28. The molecule has 1 aromatic heterocycles. The second-order valence-electron chi connectivity index (χ2n) is 5.87. The Morgan fingerprint density at radius 3 is 2.46 bits per heavy atom. The molecule has 2 unspecified atom stereocenters. The molecule has 28 heavy (non-hydrogen) atoms. The minimum atomic E-state index is -0.474. The van der Waals surface area contributed by atoms with E-state index < -0.39 is 17.9 Å². The number of carbonyl (C=O) groups is 1. The number of hydrogen-bond acceptors (Lipinski definition) is 7. The van der Waals surface area contributed by atoms with E-state index >= 15 is 0 Å². The van der Waals surface area contributed by atoms with Crippen LogP contribution in [0.15, 0.2) is 47.4 Å². The molecule has 1 saturated heterocycles. The Kier molecular flexibility index (Phi) is 10.5. The van der Waals surface area contributed by atoms with Crippen LogP contribution in [0.4, 0.5) is 5.82 Å². The summed E-state index contributed by atoms with van der Waals surface area (Å²) < 4.78 is 11.9. The molecule has 1 aliphatic rings. The zero-order valence-corrected chi connectivity index (χ0v) is 16.7. The molecule has 3 rings (SSSR count). The molecule has 1 fully saturated rings. The molecule has 0 aliphatic carbocycles. The predicted octanol–water partition coefficient (Wildman–Crippen LogP) is 2.03. The summed E-state index contributed by atoms with van der Waals surface area (Å²) in [5.41, 5.74) is 11.4. The number of nitrogen functional groups attached to an aromatic ring is 1. The van der Waals surface area contributed by atoms with Gasteiger partial charge in [0, 0.05) is 6.20 Å². The first-order valence-corrected chi connectivity index (χ1v) is 9.37. The lowest BCUT2D eigenvalue weighted by Crippen LogP contribution is -2.28. The van der Waals surface area contributed by atoms with E-state index in [1.54, 1.807) is 6.20 Å². The van der Waals surface area contributed by atoms with Crippen molar-refractivity contribution >= 4 is 11.8 Å². The number of carbonyl (C=O) groups excluding carboxylic acids is 1. The molecular formula is C20H30N4O4. The lowest BCUT2D eigenvalue weighted by atomic mass is 10.2. The van der Waals surface area contributed by atoms with E-state index in [0.717, 1.165) is 0 Å². The van der Waals surface area contributed by atoms with Crippen molar-refractivity contribution in [2.24, 2.45) is 5.73 Å². The highest BCUT2D eigenvalue weighted by atomic mass is 16.6. The van der Waals surface area contributed by atoms with Crippen LogP contribution in [0.2, 0.25) is 0 Å². The van der Waals surface area contributed by atoms with Gasteiger partial charge in [-0.15, -0.1) is 0 Å². The van der Waals surface area contributed by atoms with E-state index in [9.17, 15) is 9.59 Å².